The molecular weight excluding hydrogens is 606 g/mol. The SMILES string of the molecule is O=c1c2c(c3ccccc3n1-c1ccc3oc4ccccc4c3c1)c1ccccc1n2-c1nc(-c2ccccc2)nc(-c2ccccc2)n1. The van der Waals surface area contributed by atoms with Gasteiger partial charge in [-0.1, -0.05) is 115 Å². The van der Waals surface area contributed by atoms with Crippen molar-refractivity contribution >= 4 is 54.6 Å². The van der Waals surface area contributed by atoms with Crippen LogP contribution in [0.4, 0.5) is 0 Å². The first kappa shape index (κ1) is 27.3. The Labute approximate surface area is 279 Å². The highest BCUT2D eigenvalue weighted by Gasteiger charge is 2.24. The third-order valence-electron chi connectivity index (χ3n) is 9.20. The first-order chi connectivity index (χ1) is 24.2. The predicted octanol–water partition coefficient (Wildman–Crippen LogP) is 9.51. The van der Waals surface area contributed by atoms with Gasteiger partial charge in [0.1, 0.15) is 16.7 Å². The van der Waals surface area contributed by atoms with E-state index in [1.807, 2.05) is 144 Å². The fourth-order valence-corrected chi connectivity index (χ4v) is 7.03. The van der Waals surface area contributed by atoms with Gasteiger partial charge in [0.2, 0.25) is 5.95 Å². The molecule has 7 nitrogen and oxygen atoms in total. The molecule has 0 saturated carbocycles. The maximum atomic E-state index is 15.2. The summed E-state index contributed by atoms with van der Waals surface area (Å²) in [7, 11) is 0. The van der Waals surface area contributed by atoms with Crippen LogP contribution >= 0.6 is 0 Å². The summed E-state index contributed by atoms with van der Waals surface area (Å²) in [6.45, 7) is 0. The summed E-state index contributed by atoms with van der Waals surface area (Å²) in [6, 6.07) is 49.7. The van der Waals surface area contributed by atoms with Crippen LogP contribution in [0.3, 0.4) is 0 Å². The third-order valence-corrected chi connectivity index (χ3v) is 9.20. The molecular formula is C42H25N5O2. The van der Waals surface area contributed by atoms with E-state index in [2.05, 4.69) is 12.1 Å². The Balaban J connectivity index is 1.34. The molecule has 0 aliphatic carbocycles. The number of nitrogens with zero attached hydrogens (tertiary/aromatic N) is 5. The summed E-state index contributed by atoms with van der Waals surface area (Å²) in [5.41, 5.74) is 5.97. The molecule has 4 heterocycles. The van der Waals surface area contributed by atoms with Gasteiger partial charge in [0, 0.05) is 38.1 Å². The van der Waals surface area contributed by atoms with Crippen LogP contribution in [0.2, 0.25) is 0 Å². The van der Waals surface area contributed by atoms with Gasteiger partial charge in [0.15, 0.2) is 11.6 Å². The summed E-state index contributed by atoms with van der Waals surface area (Å²) in [5, 5.41) is 4.69. The van der Waals surface area contributed by atoms with Gasteiger partial charge in [-0.3, -0.25) is 13.9 Å². The van der Waals surface area contributed by atoms with Crippen molar-refractivity contribution in [3.8, 4) is 34.4 Å². The number of fused-ring (bicyclic) bond motifs is 8. The lowest BCUT2D eigenvalue weighted by Crippen LogP contribution is -2.21. The van der Waals surface area contributed by atoms with Crippen LogP contribution < -0.4 is 5.56 Å². The molecule has 7 heteroatoms. The van der Waals surface area contributed by atoms with Gasteiger partial charge in [-0.25, -0.2) is 4.98 Å². The monoisotopic (exact) mass is 631 g/mol. The van der Waals surface area contributed by atoms with Crippen LogP contribution in [0.15, 0.2) is 161 Å². The van der Waals surface area contributed by atoms with Crippen LogP contribution in [-0.2, 0) is 0 Å². The predicted molar refractivity (Wildman–Crippen MR) is 195 cm³/mol. The Bertz CT molecular complexity index is 2900. The molecule has 230 valence electrons. The van der Waals surface area contributed by atoms with Crippen molar-refractivity contribution in [1.29, 1.82) is 0 Å². The molecule has 0 spiro atoms. The van der Waals surface area contributed by atoms with Crippen molar-refractivity contribution < 1.29 is 4.42 Å². The first-order valence-corrected chi connectivity index (χ1v) is 16.1. The molecule has 0 saturated heterocycles. The molecule has 0 radical (unpaired) electrons. The molecule has 6 aromatic carbocycles. The highest BCUT2D eigenvalue weighted by atomic mass is 16.3. The zero-order valence-electron chi connectivity index (χ0n) is 26.0. The Kier molecular flexibility index (Phi) is 5.89. The number of aromatic nitrogens is 5. The Morgan fingerprint density at radius 3 is 1.65 bits per heavy atom. The fraction of sp³-hybridized carbons (Fsp3) is 0. The molecule has 10 aromatic rings. The standard InChI is InChI=1S/C42H25N5O2/c48-41-38-37(30-18-7-10-20-33(30)46(41)28-23-24-36-32(25-28)29-17-9-12-22-35(29)49-36)31-19-8-11-21-34(31)47(38)42-44-39(26-13-3-1-4-14-26)43-40(45-42)27-15-5-2-6-16-27/h1-25H. The average molecular weight is 632 g/mol. The maximum Gasteiger partial charge on any atom is 0.280 e. The van der Waals surface area contributed by atoms with Crippen LogP contribution in [-0.4, -0.2) is 24.1 Å². The highest BCUT2D eigenvalue weighted by Crippen LogP contribution is 2.37. The minimum absolute atomic E-state index is 0.181. The number of hydrogen-bond acceptors (Lipinski definition) is 5. The molecule has 0 aliphatic rings. The molecule has 49 heavy (non-hydrogen) atoms. The summed E-state index contributed by atoms with van der Waals surface area (Å²) in [4.78, 5) is 30.2. The number of hydrogen-bond donors (Lipinski definition) is 0. The first-order valence-electron chi connectivity index (χ1n) is 16.1. The van der Waals surface area contributed by atoms with Crippen molar-refractivity contribution in [3.05, 3.63) is 162 Å². The zero-order chi connectivity index (χ0) is 32.5. The summed E-state index contributed by atoms with van der Waals surface area (Å²) < 4.78 is 9.83. The van der Waals surface area contributed by atoms with Crippen LogP contribution in [0, 0.1) is 0 Å². The van der Waals surface area contributed by atoms with E-state index in [4.69, 9.17) is 19.4 Å². The molecule has 10 rings (SSSR count). The van der Waals surface area contributed by atoms with E-state index in [9.17, 15) is 0 Å². The topological polar surface area (TPSA) is 78.7 Å². The van der Waals surface area contributed by atoms with E-state index < -0.39 is 0 Å². The lowest BCUT2D eigenvalue weighted by atomic mass is 10.1. The second-order valence-corrected chi connectivity index (χ2v) is 12.0. The summed E-state index contributed by atoms with van der Waals surface area (Å²) >= 11 is 0. The Morgan fingerprint density at radius 1 is 0.469 bits per heavy atom. The smallest absolute Gasteiger partial charge is 0.280 e. The van der Waals surface area contributed by atoms with Crippen molar-refractivity contribution in [3.63, 3.8) is 0 Å². The van der Waals surface area contributed by atoms with E-state index in [0.29, 0.717) is 23.1 Å². The number of pyridine rings is 1. The van der Waals surface area contributed by atoms with Crippen LogP contribution in [0.5, 0.6) is 0 Å². The normalized spacial score (nSPS) is 11.8. The average Bonchev–Trinajstić information content (AvgIpc) is 3.72. The molecule has 4 aromatic heterocycles. The summed E-state index contributed by atoms with van der Waals surface area (Å²) in [5.74, 6) is 1.41. The molecule has 0 atom stereocenters. The largest absolute Gasteiger partial charge is 0.456 e. The number of furan rings is 1. The van der Waals surface area contributed by atoms with E-state index in [1.165, 1.54) is 0 Å². The lowest BCUT2D eigenvalue weighted by molar-refractivity contribution is 0.669. The second-order valence-electron chi connectivity index (χ2n) is 12.0. The van der Waals surface area contributed by atoms with E-state index >= 15 is 4.79 Å². The van der Waals surface area contributed by atoms with E-state index in [0.717, 1.165) is 65.9 Å². The fourth-order valence-electron chi connectivity index (χ4n) is 7.03. The van der Waals surface area contributed by atoms with Crippen molar-refractivity contribution in [2.45, 2.75) is 0 Å². The maximum absolute atomic E-state index is 15.2. The van der Waals surface area contributed by atoms with Crippen molar-refractivity contribution in [1.82, 2.24) is 24.1 Å². The van der Waals surface area contributed by atoms with Gasteiger partial charge in [0.25, 0.3) is 5.56 Å². The molecule has 0 bridgehead atoms. The number of benzene rings is 6. The summed E-state index contributed by atoms with van der Waals surface area (Å²) in [6.07, 6.45) is 0. The van der Waals surface area contributed by atoms with Gasteiger partial charge in [-0.2, -0.15) is 9.97 Å². The molecule has 0 aliphatic heterocycles. The van der Waals surface area contributed by atoms with Crippen LogP contribution in [0.25, 0.3) is 89.1 Å². The van der Waals surface area contributed by atoms with Gasteiger partial charge in [-0.15, -0.1) is 0 Å². The third kappa shape index (κ3) is 4.16. The number of para-hydroxylation sites is 3. The second kappa shape index (κ2) is 10.6. The number of rotatable bonds is 4. The molecule has 0 amide bonds. The van der Waals surface area contributed by atoms with Gasteiger partial charge >= 0.3 is 0 Å². The van der Waals surface area contributed by atoms with Gasteiger partial charge in [0.05, 0.1) is 16.7 Å². The van der Waals surface area contributed by atoms with E-state index in [-0.39, 0.29) is 5.56 Å². The lowest BCUT2D eigenvalue weighted by Gasteiger charge is -2.14. The molecule has 0 fully saturated rings. The molecule has 0 N–H and O–H groups in total. The van der Waals surface area contributed by atoms with Crippen LogP contribution in [0.1, 0.15) is 0 Å². The van der Waals surface area contributed by atoms with E-state index in [1.54, 1.807) is 4.57 Å². The zero-order valence-corrected chi connectivity index (χ0v) is 26.0. The minimum Gasteiger partial charge on any atom is -0.456 e. The van der Waals surface area contributed by atoms with Crippen molar-refractivity contribution in [2.75, 3.05) is 0 Å². The van der Waals surface area contributed by atoms with Gasteiger partial charge in [-0.05, 0) is 36.4 Å². The highest BCUT2D eigenvalue weighted by molar-refractivity contribution is 6.20. The van der Waals surface area contributed by atoms with Crippen molar-refractivity contribution in [2.24, 2.45) is 0 Å². The van der Waals surface area contributed by atoms with Gasteiger partial charge < -0.3 is 4.42 Å². The quantitative estimate of drug-likeness (QED) is 0.193. The minimum atomic E-state index is -0.181. The Morgan fingerprint density at radius 2 is 1.00 bits per heavy atom. The Hall–Kier alpha value is -6.86. The molecule has 0 unspecified atom stereocenters.